The first-order chi connectivity index (χ1) is 12.6. The van der Waals surface area contributed by atoms with E-state index in [1.165, 1.54) is 5.56 Å². The number of carbonyl (C=O) groups excluding carboxylic acids is 1. The van der Waals surface area contributed by atoms with E-state index in [-0.39, 0.29) is 11.9 Å². The Balaban J connectivity index is 1.54. The molecule has 2 heterocycles. The molecule has 1 atom stereocenters. The van der Waals surface area contributed by atoms with E-state index >= 15 is 0 Å². The molecule has 1 unspecified atom stereocenters. The summed E-state index contributed by atoms with van der Waals surface area (Å²) in [6.07, 6.45) is 2.47. The van der Waals surface area contributed by atoms with Gasteiger partial charge in [0.05, 0.1) is 11.7 Å². The van der Waals surface area contributed by atoms with E-state index in [4.69, 9.17) is 4.52 Å². The van der Waals surface area contributed by atoms with Gasteiger partial charge in [-0.05, 0) is 37.0 Å². The van der Waals surface area contributed by atoms with Crippen LogP contribution in [-0.2, 0) is 19.9 Å². The highest BCUT2D eigenvalue weighted by molar-refractivity contribution is 5.93. The number of aryl methyl sites for hydroxylation is 3. The number of rotatable bonds is 4. The van der Waals surface area contributed by atoms with Crippen LogP contribution in [0.25, 0.3) is 11.4 Å². The predicted molar refractivity (Wildman–Crippen MR) is 93.4 cm³/mol. The minimum atomic E-state index is -0.191. The van der Waals surface area contributed by atoms with Gasteiger partial charge in [-0.1, -0.05) is 29.4 Å². The molecule has 8 heteroatoms. The summed E-state index contributed by atoms with van der Waals surface area (Å²) in [6.45, 7) is 3.81. The van der Waals surface area contributed by atoms with E-state index in [0.717, 1.165) is 29.7 Å². The quantitative estimate of drug-likeness (QED) is 0.772. The van der Waals surface area contributed by atoms with E-state index in [1.807, 2.05) is 26.0 Å². The van der Waals surface area contributed by atoms with E-state index in [2.05, 4.69) is 31.8 Å². The molecule has 0 spiro atoms. The minimum absolute atomic E-state index is 0.0237. The molecule has 8 nitrogen and oxygen atoms in total. The molecule has 1 aliphatic carbocycles. The summed E-state index contributed by atoms with van der Waals surface area (Å²) in [7, 11) is 1.77. The highest BCUT2D eigenvalue weighted by atomic mass is 16.5. The van der Waals surface area contributed by atoms with Gasteiger partial charge in [-0.2, -0.15) is 4.98 Å². The summed E-state index contributed by atoms with van der Waals surface area (Å²) in [5.74, 6) is 1.04. The Morgan fingerprint density at radius 3 is 2.96 bits per heavy atom. The second-order valence-corrected chi connectivity index (χ2v) is 6.49. The molecule has 0 saturated carbocycles. The van der Waals surface area contributed by atoms with Gasteiger partial charge in [0.15, 0.2) is 5.69 Å². The van der Waals surface area contributed by atoms with Crippen molar-refractivity contribution in [2.24, 2.45) is 7.05 Å². The fraction of sp³-hybridized carbons (Fsp3) is 0.389. The third-order valence-electron chi connectivity index (χ3n) is 4.88. The maximum atomic E-state index is 12.5. The van der Waals surface area contributed by atoms with Crippen LogP contribution < -0.4 is 5.32 Å². The molecule has 0 fully saturated rings. The predicted octanol–water partition coefficient (Wildman–Crippen LogP) is 2.15. The van der Waals surface area contributed by atoms with Crippen molar-refractivity contribution in [3.8, 4) is 11.4 Å². The summed E-state index contributed by atoms with van der Waals surface area (Å²) in [5, 5.41) is 14.9. The molecule has 3 aromatic rings. The van der Waals surface area contributed by atoms with Gasteiger partial charge in [0.25, 0.3) is 5.91 Å². The first kappa shape index (κ1) is 16.4. The van der Waals surface area contributed by atoms with Crippen LogP contribution in [0.4, 0.5) is 0 Å². The molecule has 1 aromatic carbocycles. The third kappa shape index (κ3) is 2.77. The van der Waals surface area contributed by atoms with Crippen molar-refractivity contribution >= 4 is 5.91 Å². The molecule has 26 heavy (non-hydrogen) atoms. The minimum Gasteiger partial charge on any atom is -0.344 e. The lowest BCUT2D eigenvalue weighted by atomic mass is 10.0. The zero-order valence-corrected chi connectivity index (χ0v) is 15.0. The Morgan fingerprint density at radius 1 is 1.42 bits per heavy atom. The van der Waals surface area contributed by atoms with E-state index in [9.17, 15) is 4.79 Å². The molecule has 0 saturated heterocycles. The van der Waals surface area contributed by atoms with Crippen LogP contribution in [0, 0.1) is 6.92 Å². The number of hydrogen-bond acceptors (Lipinski definition) is 6. The lowest BCUT2D eigenvalue weighted by molar-refractivity contribution is 0.0931. The lowest BCUT2D eigenvalue weighted by Crippen LogP contribution is -2.28. The molecular formula is C18H20N6O2. The van der Waals surface area contributed by atoms with Crippen LogP contribution in [0.15, 0.2) is 22.7 Å². The molecule has 0 aliphatic heterocycles. The second-order valence-electron chi connectivity index (χ2n) is 6.49. The molecular weight excluding hydrogens is 332 g/mol. The van der Waals surface area contributed by atoms with Gasteiger partial charge >= 0.3 is 0 Å². The third-order valence-corrected chi connectivity index (χ3v) is 4.88. The average Bonchev–Trinajstić information content (AvgIpc) is 3.35. The highest BCUT2D eigenvalue weighted by Gasteiger charge is 2.26. The maximum Gasteiger partial charge on any atom is 0.274 e. The topological polar surface area (TPSA) is 98.7 Å². The van der Waals surface area contributed by atoms with Gasteiger partial charge in [-0.15, -0.1) is 5.10 Å². The zero-order valence-electron chi connectivity index (χ0n) is 15.0. The number of aromatic nitrogens is 5. The van der Waals surface area contributed by atoms with Crippen molar-refractivity contribution in [3.63, 3.8) is 0 Å². The van der Waals surface area contributed by atoms with Crippen LogP contribution in [0.3, 0.4) is 0 Å². The van der Waals surface area contributed by atoms with Gasteiger partial charge in [-0.25, -0.2) is 0 Å². The van der Waals surface area contributed by atoms with Gasteiger partial charge < -0.3 is 9.84 Å². The summed E-state index contributed by atoms with van der Waals surface area (Å²) in [4.78, 5) is 16.9. The van der Waals surface area contributed by atoms with E-state index < -0.39 is 0 Å². The molecule has 2 aromatic heterocycles. The van der Waals surface area contributed by atoms with Crippen molar-refractivity contribution in [2.45, 2.75) is 39.2 Å². The number of nitrogens with one attached hydrogen (secondary N) is 1. The fourth-order valence-corrected chi connectivity index (χ4v) is 3.26. The van der Waals surface area contributed by atoms with Crippen LogP contribution in [0.5, 0.6) is 0 Å². The van der Waals surface area contributed by atoms with Crippen molar-refractivity contribution in [3.05, 3.63) is 46.6 Å². The Kier molecular flexibility index (Phi) is 4.02. The molecule has 1 amide bonds. The number of fused-ring (bicyclic) bond motifs is 1. The van der Waals surface area contributed by atoms with E-state index in [0.29, 0.717) is 23.8 Å². The number of carbonyl (C=O) groups is 1. The number of nitrogens with zero attached hydrogens (tertiary/aromatic N) is 5. The standard InChI is InChI=1S/C18H20N6O2/c1-4-15-20-17(22-26-15)12-5-7-13-11(9-12)6-8-14(13)19-18(25)16-10(2)24(3)23-21-16/h5,7,9,14H,4,6,8H2,1-3H3,(H,19,25). The van der Waals surface area contributed by atoms with Gasteiger partial charge in [0.2, 0.25) is 11.7 Å². The SMILES string of the molecule is CCc1nc(-c2ccc3c(c2)CCC3NC(=O)c2nnn(C)c2C)no1. The fourth-order valence-electron chi connectivity index (χ4n) is 3.26. The Bertz CT molecular complexity index is 974. The van der Waals surface area contributed by atoms with Crippen molar-refractivity contribution < 1.29 is 9.32 Å². The first-order valence-corrected chi connectivity index (χ1v) is 8.69. The highest BCUT2D eigenvalue weighted by Crippen LogP contribution is 2.34. The van der Waals surface area contributed by atoms with Gasteiger partial charge in [0, 0.05) is 19.0 Å². The van der Waals surface area contributed by atoms with Gasteiger partial charge in [-0.3, -0.25) is 9.48 Å². The zero-order chi connectivity index (χ0) is 18.3. The van der Waals surface area contributed by atoms with Crippen molar-refractivity contribution in [1.82, 2.24) is 30.5 Å². The summed E-state index contributed by atoms with van der Waals surface area (Å²) in [6, 6.07) is 6.07. The first-order valence-electron chi connectivity index (χ1n) is 8.69. The van der Waals surface area contributed by atoms with Gasteiger partial charge in [0.1, 0.15) is 0 Å². The number of hydrogen-bond donors (Lipinski definition) is 1. The summed E-state index contributed by atoms with van der Waals surface area (Å²) in [5.41, 5.74) is 4.38. The molecule has 1 N–H and O–H groups in total. The van der Waals surface area contributed by atoms with Crippen molar-refractivity contribution in [1.29, 1.82) is 0 Å². The Labute approximate surface area is 150 Å². The molecule has 0 bridgehead atoms. The smallest absolute Gasteiger partial charge is 0.274 e. The molecule has 0 radical (unpaired) electrons. The normalized spacial score (nSPS) is 15.9. The molecule has 4 rings (SSSR count). The van der Waals surface area contributed by atoms with Crippen LogP contribution in [0.2, 0.25) is 0 Å². The van der Waals surface area contributed by atoms with Crippen LogP contribution in [-0.4, -0.2) is 31.0 Å². The average molecular weight is 352 g/mol. The largest absolute Gasteiger partial charge is 0.344 e. The van der Waals surface area contributed by atoms with Crippen LogP contribution in [0.1, 0.15) is 52.6 Å². The molecule has 1 aliphatic rings. The summed E-state index contributed by atoms with van der Waals surface area (Å²) < 4.78 is 6.79. The maximum absolute atomic E-state index is 12.5. The molecule has 134 valence electrons. The lowest BCUT2D eigenvalue weighted by Gasteiger charge is -2.13. The summed E-state index contributed by atoms with van der Waals surface area (Å²) >= 11 is 0. The number of amides is 1. The number of benzene rings is 1. The monoisotopic (exact) mass is 352 g/mol. The Morgan fingerprint density at radius 2 is 2.27 bits per heavy atom. The van der Waals surface area contributed by atoms with Crippen LogP contribution >= 0.6 is 0 Å². The van der Waals surface area contributed by atoms with Crippen molar-refractivity contribution in [2.75, 3.05) is 0 Å². The second kappa shape index (κ2) is 6.36. The van der Waals surface area contributed by atoms with E-state index in [1.54, 1.807) is 11.7 Å². The Hall–Kier alpha value is -3.03.